The smallest absolute Gasteiger partial charge is 0.459 e. The predicted octanol–water partition coefficient (Wildman–Crippen LogP) is 1.97. The highest BCUT2D eigenvalue weighted by molar-refractivity contribution is 7.52. The van der Waals surface area contributed by atoms with Crippen LogP contribution in [-0.2, 0) is 23.4 Å². The van der Waals surface area contributed by atoms with Crippen molar-refractivity contribution in [2.75, 3.05) is 12.4 Å². The molecule has 3 fully saturated rings. The van der Waals surface area contributed by atoms with E-state index in [1.165, 1.54) is 17.8 Å². The first kappa shape index (κ1) is 27.8. The zero-order chi connectivity index (χ0) is 28.9. The lowest BCUT2D eigenvalue weighted by Crippen LogP contribution is -2.38. The number of rotatable bonds is 10. The van der Waals surface area contributed by atoms with E-state index in [-0.39, 0.29) is 29.0 Å². The van der Waals surface area contributed by atoms with Crippen molar-refractivity contribution in [3.8, 4) is 5.75 Å². The molecule has 3 aromatic rings. The number of aliphatic hydroxyl groups is 1. The van der Waals surface area contributed by atoms with Gasteiger partial charge in [-0.25, -0.2) is 9.55 Å². The van der Waals surface area contributed by atoms with Crippen LogP contribution in [0, 0.1) is 5.41 Å². The van der Waals surface area contributed by atoms with E-state index in [4.69, 9.17) is 24.3 Å². The number of nitrogen functional groups attached to an aromatic ring is 1. The summed E-state index contributed by atoms with van der Waals surface area (Å²) in [5, 5.41) is 13.8. The van der Waals surface area contributed by atoms with Gasteiger partial charge in [0.1, 0.15) is 42.9 Å². The van der Waals surface area contributed by atoms with Gasteiger partial charge in [0.2, 0.25) is 5.95 Å². The summed E-state index contributed by atoms with van der Waals surface area (Å²) in [6.07, 6.45) is -0.473. The van der Waals surface area contributed by atoms with Gasteiger partial charge < -0.3 is 24.8 Å². The van der Waals surface area contributed by atoms with Crippen LogP contribution in [0.15, 0.2) is 41.5 Å². The SMILES string of the molecule is C[C@H](N[P@](=O)(Oc1ccccc1)OC1[C@H]2O[C@@H](n3cnc4c(=O)[nH]c(N)nc43)[C@H](O)[C@@]12CF)C(=O)OC1CCCC1. The molecular formula is C25H30FN6O8P. The highest BCUT2D eigenvalue weighted by atomic mass is 31.2. The fourth-order valence-corrected chi connectivity index (χ4v) is 7.30. The van der Waals surface area contributed by atoms with Gasteiger partial charge in [0.15, 0.2) is 17.4 Å². The second-order valence-electron chi connectivity index (χ2n) is 10.5. The fraction of sp³-hybridized carbons (Fsp3) is 0.520. The fourth-order valence-electron chi connectivity index (χ4n) is 5.55. The number of halogens is 1. The summed E-state index contributed by atoms with van der Waals surface area (Å²) in [5.74, 6) is -0.620. The Balaban J connectivity index is 1.22. The summed E-state index contributed by atoms with van der Waals surface area (Å²) < 4.78 is 53.0. The highest BCUT2D eigenvalue weighted by Crippen LogP contribution is 2.66. The van der Waals surface area contributed by atoms with Crippen LogP contribution in [0.4, 0.5) is 10.3 Å². The minimum Gasteiger partial charge on any atom is -0.461 e. The Hall–Kier alpha value is -3.36. The number of imidazole rings is 1. The van der Waals surface area contributed by atoms with Gasteiger partial charge in [-0.05, 0) is 44.7 Å². The molecule has 2 aromatic heterocycles. The number of aromatic amines is 1. The molecule has 7 atom stereocenters. The maximum atomic E-state index is 14.6. The predicted molar refractivity (Wildman–Crippen MR) is 141 cm³/mol. The molecule has 5 N–H and O–H groups in total. The minimum atomic E-state index is -4.36. The van der Waals surface area contributed by atoms with Crippen molar-refractivity contribution < 1.29 is 37.4 Å². The average molecular weight is 593 g/mol. The Morgan fingerprint density at radius 3 is 2.78 bits per heavy atom. The molecular weight excluding hydrogens is 562 g/mol. The van der Waals surface area contributed by atoms with Crippen molar-refractivity contribution in [2.45, 2.75) is 69.3 Å². The number of hydrogen-bond donors (Lipinski definition) is 4. The van der Waals surface area contributed by atoms with E-state index in [9.17, 15) is 23.7 Å². The molecule has 2 aliphatic carbocycles. The monoisotopic (exact) mass is 592 g/mol. The van der Waals surface area contributed by atoms with Crippen molar-refractivity contribution in [1.29, 1.82) is 0 Å². The Morgan fingerprint density at radius 2 is 2.10 bits per heavy atom. The van der Waals surface area contributed by atoms with E-state index in [0.717, 1.165) is 25.7 Å². The number of benzene rings is 1. The Bertz CT molecular complexity index is 1550. The van der Waals surface area contributed by atoms with Crippen LogP contribution in [0.2, 0.25) is 0 Å². The molecule has 3 heterocycles. The highest BCUT2D eigenvalue weighted by Gasteiger charge is 2.79. The largest absolute Gasteiger partial charge is 0.461 e. The normalized spacial score (nSPS) is 29.6. The number of esters is 1. The topological polar surface area (TPSA) is 193 Å². The maximum absolute atomic E-state index is 14.6. The summed E-state index contributed by atoms with van der Waals surface area (Å²) >= 11 is 0. The molecule has 6 rings (SSSR count). The molecule has 14 nitrogen and oxygen atoms in total. The number of nitrogens with two attached hydrogens (primary N) is 1. The number of alkyl halides is 1. The van der Waals surface area contributed by atoms with Gasteiger partial charge in [-0.3, -0.25) is 28.1 Å². The molecule has 1 saturated heterocycles. The summed E-state index contributed by atoms with van der Waals surface area (Å²) in [6, 6.07) is 7.05. The van der Waals surface area contributed by atoms with Gasteiger partial charge >= 0.3 is 13.7 Å². The van der Waals surface area contributed by atoms with Crippen LogP contribution in [0.25, 0.3) is 11.2 Å². The van der Waals surface area contributed by atoms with Crippen molar-refractivity contribution >= 4 is 30.8 Å². The molecule has 0 spiro atoms. The number of carbonyl (C=O) groups excluding carboxylic acids is 1. The third-order valence-corrected chi connectivity index (χ3v) is 9.46. The van der Waals surface area contributed by atoms with E-state index in [0.29, 0.717) is 0 Å². The molecule has 2 saturated carbocycles. The first-order valence-electron chi connectivity index (χ1n) is 13.3. The number of nitrogens with one attached hydrogen (secondary N) is 2. The quantitative estimate of drug-likeness (QED) is 0.198. The van der Waals surface area contributed by atoms with Crippen LogP contribution < -0.4 is 20.9 Å². The number of aromatic nitrogens is 4. The lowest BCUT2D eigenvalue weighted by molar-refractivity contribution is -0.150. The van der Waals surface area contributed by atoms with Crippen molar-refractivity contribution in [3.05, 3.63) is 47.0 Å². The Labute approximate surface area is 232 Å². The zero-order valence-corrected chi connectivity index (χ0v) is 22.9. The third kappa shape index (κ3) is 4.91. The standard InChI is InChI=1S/C25H30FN6O8P/c1-13(23(35)37-14-7-5-6-8-14)31-41(36,39-15-9-3-2-4-10-15)40-19-18-25(19,11-26)17(33)22(38-18)32-12-28-16-20(32)29-24(27)30-21(16)34/h2-4,9-10,12-14,17-19,22,33H,5-8,11H2,1H3,(H,31,36)(H3,27,29,30,34)/t13-,17-,18+,19?,22+,25+,41-/m0/s1. The van der Waals surface area contributed by atoms with Crippen LogP contribution in [0.1, 0.15) is 38.8 Å². The minimum absolute atomic E-state index is 0.0393. The lowest BCUT2D eigenvalue weighted by atomic mass is 10.0. The second-order valence-corrected chi connectivity index (χ2v) is 12.2. The van der Waals surface area contributed by atoms with E-state index in [2.05, 4.69) is 20.0 Å². The summed E-state index contributed by atoms with van der Waals surface area (Å²) in [4.78, 5) is 35.3. The third-order valence-electron chi connectivity index (χ3n) is 7.80. The number of para-hydroxylation sites is 1. The lowest BCUT2D eigenvalue weighted by Gasteiger charge is -2.28. The summed E-state index contributed by atoms with van der Waals surface area (Å²) in [6.45, 7) is 0.375. The average Bonchev–Trinajstić information content (AvgIpc) is 3.38. The Kier molecular flexibility index (Phi) is 7.10. The molecule has 3 aliphatic rings. The van der Waals surface area contributed by atoms with Crippen LogP contribution in [-0.4, -0.2) is 67.7 Å². The van der Waals surface area contributed by atoms with Gasteiger partial charge in [0.05, 0.1) is 11.7 Å². The molecule has 0 radical (unpaired) electrons. The first-order valence-corrected chi connectivity index (χ1v) is 14.8. The molecule has 41 heavy (non-hydrogen) atoms. The number of H-pyrrole nitrogens is 1. The van der Waals surface area contributed by atoms with Crippen molar-refractivity contribution in [2.24, 2.45) is 5.41 Å². The zero-order valence-electron chi connectivity index (χ0n) is 22.0. The van der Waals surface area contributed by atoms with Gasteiger partial charge in [-0.15, -0.1) is 0 Å². The van der Waals surface area contributed by atoms with Gasteiger partial charge in [-0.2, -0.15) is 10.1 Å². The number of fused-ring (bicyclic) bond motifs is 2. The Morgan fingerprint density at radius 1 is 1.37 bits per heavy atom. The molecule has 1 aromatic carbocycles. The van der Waals surface area contributed by atoms with Gasteiger partial charge in [0, 0.05) is 0 Å². The molecule has 1 aliphatic heterocycles. The number of nitrogens with zero attached hydrogens (tertiary/aromatic N) is 3. The molecule has 0 amide bonds. The van der Waals surface area contributed by atoms with E-state index in [1.807, 2.05) is 0 Å². The first-order chi connectivity index (χ1) is 19.6. The molecule has 16 heteroatoms. The van der Waals surface area contributed by atoms with Gasteiger partial charge in [0.25, 0.3) is 5.56 Å². The summed E-state index contributed by atoms with van der Waals surface area (Å²) in [7, 11) is -4.36. The van der Waals surface area contributed by atoms with Crippen molar-refractivity contribution in [3.63, 3.8) is 0 Å². The van der Waals surface area contributed by atoms with Crippen molar-refractivity contribution in [1.82, 2.24) is 24.6 Å². The van der Waals surface area contributed by atoms with Gasteiger partial charge in [-0.1, -0.05) is 18.2 Å². The molecule has 220 valence electrons. The number of hydrogen-bond acceptors (Lipinski definition) is 11. The van der Waals surface area contributed by atoms with E-state index >= 15 is 0 Å². The molecule has 0 bridgehead atoms. The van der Waals surface area contributed by atoms with E-state index < -0.39 is 61.9 Å². The van der Waals surface area contributed by atoms with Crippen LogP contribution in [0.5, 0.6) is 5.75 Å². The molecule has 1 unspecified atom stereocenters. The summed E-state index contributed by atoms with van der Waals surface area (Å²) in [5.41, 5.74) is 3.46. The van der Waals surface area contributed by atoms with Crippen LogP contribution >= 0.6 is 7.75 Å². The maximum Gasteiger partial charge on any atom is 0.459 e. The number of ether oxygens (including phenoxy) is 2. The number of carbonyl (C=O) groups is 1. The second kappa shape index (κ2) is 10.5. The number of anilines is 1. The number of aliphatic hydroxyl groups excluding tert-OH is 1. The van der Waals surface area contributed by atoms with E-state index in [1.54, 1.807) is 30.3 Å². The van der Waals surface area contributed by atoms with Crippen LogP contribution in [0.3, 0.4) is 0 Å².